The van der Waals surface area contributed by atoms with E-state index >= 15 is 0 Å². The monoisotopic (exact) mass is 417 g/mol. The van der Waals surface area contributed by atoms with Crippen molar-refractivity contribution >= 4 is 16.1 Å². The molecule has 29 heavy (non-hydrogen) atoms. The van der Waals surface area contributed by atoms with Gasteiger partial charge >= 0.3 is 6.03 Å². The molecule has 8 heteroatoms. The zero-order valence-corrected chi connectivity index (χ0v) is 17.6. The Labute approximate surface area is 172 Å². The summed E-state index contributed by atoms with van der Waals surface area (Å²) in [6.45, 7) is 3.86. The van der Waals surface area contributed by atoms with Crippen LogP contribution in [-0.4, -0.2) is 56.9 Å². The van der Waals surface area contributed by atoms with Crippen LogP contribution in [0.15, 0.2) is 53.4 Å². The van der Waals surface area contributed by atoms with Crippen LogP contribution in [0.1, 0.15) is 17.5 Å². The van der Waals surface area contributed by atoms with E-state index in [0.29, 0.717) is 37.5 Å². The highest BCUT2D eigenvalue weighted by atomic mass is 32.2. The van der Waals surface area contributed by atoms with Crippen molar-refractivity contribution in [3.05, 3.63) is 59.7 Å². The van der Waals surface area contributed by atoms with E-state index in [9.17, 15) is 13.2 Å². The summed E-state index contributed by atoms with van der Waals surface area (Å²) in [4.78, 5) is 14.5. The minimum atomic E-state index is -3.55. The number of carbonyl (C=O) groups is 1. The van der Waals surface area contributed by atoms with Gasteiger partial charge in [-0.2, -0.15) is 4.31 Å². The number of hydrogen-bond acceptors (Lipinski definition) is 4. The topological polar surface area (TPSA) is 79.0 Å². The van der Waals surface area contributed by atoms with Crippen LogP contribution in [0.25, 0.3) is 0 Å². The van der Waals surface area contributed by atoms with Crippen LogP contribution in [0.4, 0.5) is 4.79 Å². The van der Waals surface area contributed by atoms with Crippen LogP contribution >= 0.6 is 0 Å². The van der Waals surface area contributed by atoms with Gasteiger partial charge in [0, 0.05) is 32.7 Å². The Bertz CT molecular complexity index is 945. The molecule has 0 spiro atoms. The Morgan fingerprint density at radius 1 is 1.07 bits per heavy atom. The van der Waals surface area contributed by atoms with Gasteiger partial charge in [0.1, 0.15) is 5.75 Å². The molecule has 0 unspecified atom stereocenters. The molecule has 156 valence electrons. The second-order valence-corrected chi connectivity index (χ2v) is 9.01. The van der Waals surface area contributed by atoms with E-state index in [-0.39, 0.29) is 12.6 Å². The fourth-order valence-electron chi connectivity index (χ4n) is 3.27. The molecular weight excluding hydrogens is 390 g/mol. The number of nitrogens with zero attached hydrogens (tertiary/aromatic N) is 2. The number of amides is 2. The average Bonchev–Trinajstić information content (AvgIpc) is 2.99. The maximum atomic E-state index is 12.9. The molecule has 0 saturated carbocycles. The number of ether oxygens (including phenoxy) is 1. The largest absolute Gasteiger partial charge is 0.497 e. The molecule has 1 N–H and O–H groups in total. The molecule has 0 radical (unpaired) electrons. The Balaban J connectivity index is 1.58. The summed E-state index contributed by atoms with van der Waals surface area (Å²) in [6, 6.07) is 14.2. The lowest BCUT2D eigenvalue weighted by atomic mass is 10.2. The minimum absolute atomic E-state index is 0.192. The summed E-state index contributed by atoms with van der Waals surface area (Å²) in [6.07, 6.45) is 0.595. The number of carbonyl (C=O) groups excluding carboxylic acids is 1. The molecule has 2 aromatic rings. The number of benzene rings is 2. The van der Waals surface area contributed by atoms with Gasteiger partial charge in [-0.1, -0.05) is 29.8 Å². The highest BCUT2D eigenvalue weighted by Crippen LogP contribution is 2.18. The van der Waals surface area contributed by atoms with Crippen LogP contribution in [0.3, 0.4) is 0 Å². The van der Waals surface area contributed by atoms with E-state index in [0.717, 1.165) is 16.9 Å². The van der Waals surface area contributed by atoms with Crippen molar-refractivity contribution in [2.75, 3.05) is 33.3 Å². The van der Waals surface area contributed by atoms with Crippen LogP contribution in [0, 0.1) is 6.92 Å². The maximum Gasteiger partial charge on any atom is 0.317 e. The molecule has 1 heterocycles. The van der Waals surface area contributed by atoms with Crippen molar-refractivity contribution in [3.8, 4) is 5.75 Å². The minimum Gasteiger partial charge on any atom is -0.497 e. The van der Waals surface area contributed by atoms with Crippen LogP contribution in [0.2, 0.25) is 0 Å². The molecule has 0 aromatic heterocycles. The summed E-state index contributed by atoms with van der Waals surface area (Å²) < 4.78 is 32.4. The summed E-state index contributed by atoms with van der Waals surface area (Å²) in [5.74, 6) is 0.739. The number of hydrogen-bond donors (Lipinski definition) is 1. The summed E-state index contributed by atoms with van der Waals surface area (Å²) in [5, 5.41) is 2.90. The third-order valence-electron chi connectivity index (χ3n) is 4.98. The van der Waals surface area contributed by atoms with E-state index in [1.165, 1.54) is 4.31 Å². The maximum absolute atomic E-state index is 12.9. The second-order valence-electron chi connectivity index (χ2n) is 7.07. The smallest absolute Gasteiger partial charge is 0.317 e. The molecule has 1 aliphatic rings. The highest BCUT2D eigenvalue weighted by Gasteiger charge is 2.28. The van der Waals surface area contributed by atoms with Gasteiger partial charge in [0.15, 0.2) is 0 Å². The van der Waals surface area contributed by atoms with Crippen LogP contribution in [-0.2, 0) is 16.6 Å². The van der Waals surface area contributed by atoms with Gasteiger partial charge < -0.3 is 15.0 Å². The standard InChI is InChI=1S/C21H27N3O4S/c1-17-7-9-20(10-8-17)29(26,27)24-12-4-11-23(13-14-24)21(25)22-16-18-5-3-6-19(15-18)28-2/h3,5-10,15H,4,11-14,16H2,1-2H3,(H,22,25). The SMILES string of the molecule is COc1cccc(CNC(=O)N2CCCN(S(=O)(=O)c3ccc(C)cc3)CC2)c1. The van der Waals surface area contributed by atoms with Crippen molar-refractivity contribution < 1.29 is 17.9 Å². The number of nitrogens with one attached hydrogen (secondary N) is 1. The fourth-order valence-corrected chi connectivity index (χ4v) is 4.74. The van der Waals surface area contributed by atoms with Crippen LogP contribution < -0.4 is 10.1 Å². The zero-order valence-electron chi connectivity index (χ0n) is 16.8. The Morgan fingerprint density at radius 2 is 1.83 bits per heavy atom. The number of urea groups is 1. The lowest BCUT2D eigenvalue weighted by Gasteiger charge is -2.22. The van der Waals surface area contributed by atoms with E-state index in [4.69, 9.17) is 4.74 Å². The van der Waals surface area contributed by atoms with Gasteiger partial charge in [-0.3, -0.25) is 0 Å². The van der Waals surface area contributed by atoms with Crippen molar-refractivity contribution in [3.63, 3.8) is 0 Å². The van der Waals surface area contributed by atoms with Gasteiger partial charge in [-0.25, -0.2) is 13.2 Å². The predicted octanol–water partition coefficient (Wildman–Crippen LogP) is 2.61. The van der Waals surface area contributed by atoms with Crippen LogP contribution in [0.5, 0.6) is 5.75 Å². The first kappa shape index (κ1) is 21.1. The molecule has 0 aliphatic carbocycles. The zero-order chi connectivity index (χ0) is 20.9. The lowest BCUT2D eigenvalue weighted by Crippen LogP contribution is -2.42. The number of sulfonamides is 1. The van der Waals surface area contributed by atoms with Gasteiger partial charge in [0.25, 0.3) is 0 Å². The number of methoxy groups -OCH3 is 1. The van der Waals surface area contributed by atoms with E-state index in [1.807, 2.05) is 31.2 Å². The number of aryl methyl sites for hydroxylation is 1. The van der Waals surface area contributed by atoms with Crippen molar-refractivity contribution in [2.24, 2.45) is 0 Å². The third-order valence-corrected chi connectivity index (χ3v) is 6.89. The lowest BCUT2D eigenvalue weighted by molar-refractivity contribution is 0.200. The van der Waals surface area contributed by atoms with Gasteiger partial charge in [-0.05, 0) is 43.2 Å². The van der Waals surface area contributed by atoms with Crippen molar-refractivity contribution in [1.29, 1.82) is 0 Å². The van der Waals surface area contributed by atoms with E-state index in [2.05, 4.69) is 5.32 Å². The first-order valence-electron chi connectivity index (χ1n) is 9.62. The normalized spacial score (nSPS) is 15.6. The molecule has 3 rings (SSSR count). The van der Waals surface area contributed by atoms with E-state index < -0.39 is 10.0 Å². The molecule has 7 nitrogen and oxygen atoms in total. The molecule has 0 bridgehead atoms. The van der Waals surface area contributed by atoms with Crippen molar-refractivity contribution in [2.45, 2.75) is 24.8 Å². The average molecular weight is 418 g/mol. The molecule has 1 saturated heterocycles. The van der Waals surface area contributed by atoms with E-state index in [1.54, 1.807) is 36.3 Å². The summed E-state index contributed by atoms with van der Waals surface area (Å²) in [5.41, 5.74) is 1.95. The van der Waals surface area contributed by atoms with Gasteiger partial charge in [-0.15, -0.1) is 0 Å². The Morgan fingerprint density at radius 3 is 2.55 bits per heavy atom. The fraction of sp³-hybridized carbons (Fsp3) is 0.381. The molecule has 2 aromatic carbocycles. The third kappa shape index (κ3) is 5.27. The predicted molar refractivity (Wildman–Crippen MR) is 111 cm³/mol. The van der Waals surface area contributed by atoms with Gasteiger partial charge in [0.2, 0.25) is 10.0 Å². The summed E-state index contributed by atoms with van der Waals surface area (Å²) >= 11 is 0. The molecule has 1 fully saturated rings. The van der Waals surface area contributed by atoms with Crippen molar-refractivity contribution in [1.82, 2.24) is 14.5 Å². The quantitative estimate of drug-likeness (QED) is 0.811. The first-order valence-corrected chi connectivity index (χ1v) is 11.1. The highest BCUT2D eigenvalue weighted by molar-refractivity contribution is 7.89. The second kappa shape index (κ2) is 9.28. The van der Waals surface area contributed by atoms with Gasteiger partial charge in [0.05, 0.1) is 12.0 Å². The number of rotatable bonds is 5. The Hall–Kier alpha value is -2.58. The molecular formula is C21H27N3O4S. The first-order chi connectivity index (χ1) is 13.9. The molecule has 0 atom stereocenters. The molecule has 2 amide bonds. The summed E-state index contributed by atoms with van der Waals surface area (Å²) in [7, 11) is -1.95. The molecule has 1 aliphatic heterocycles. The Kier molecular flexibility index (Phi) is 6.76.